The quantitative estimate of drug-likeness (QED) is 0.452. The smallest absolute Gasteiger partial charge is 0.329 e. The van der Waals surface area contributed by atoms with E-state index in [4.69, 9.17) is 24.7 Å². The lowest BCUT2D eigenvalue weighted by Crippen LogP contribution is -2.51. The molecule has 0 aromatic rings. The van der Waals surface area contributed by atoms with Crippen molar-refractivity contribution in [2.75, 3.05) is 13.6 Å². The van der Waals surface area contributed by atoms with Gasteiger partial charge in [0.15, 0.2) is 0 Å². The van der Waals surface area contributed by atoms with Gasteiger partial charge in [0.05, 0.1) is 17.8 Å². The van der Waals surface area contributed by atoms with Gasteiger partial charge in [0.1, 0.15) is 5.54 Å². The van der Waals surface area contributed by atoms with E-state index in [0.717, 1.165) is 0 Å². The van der Waals surface area contributed by atoms with Gasteiger partial charge in [-0.15, -0.1) is 12.4 Å². The summed E-state index contributed by atoms with van der Waals surface area (Å²) in [5, 5.41) is 0. The summed E-state index contributed by atoms with van der Waals surface area (Å²) >= 11 is 0. The Bertz CT molecular complexity index is 623. The van der Waals surface area contributed by atoms with Crippen molar-refractivity contribution in [1.29, 1.82) is 0 Å². The van der Waals surface area contributed by atoms with Gasteiger partial charge in [-0.25, -0.2) is 4.79 Å². The molecule has 0 saturated heterocycles. The molecule has 2 saturated carbocycles. The highest BCUT2D eigenvalue weighted by atomic mass is 35.5. The van der Waals surface area contributed by atoms with Gasteiger partial charge in [0, 0.05) is 5.92 Å². The van der Waals surface area contributed by atoms with Crippen molar-refractivity contribution < 1.29 is 38.1 Å². The van der Waals surface area contributed by atoms with Crippen LogP contribution < -0.4 is 5.73 Å². The summed E-state index contributed by atoms with van der Waals surface area (Å²) in [6, 6.07) is 0. The summed E-state index contributed by atoms with van der Waals surface area (Å²) in [6.45, 7) is 5.69. The fourth-order valence-corrected chi connectivity index (χ4v) is 3.42. The number of halogens is 1. The topological polar surface area (TPSA) is 131 Å². The van der Waals surface area contributed by atoms with Gasteiger partial charge in [0.2, 0.25) is 13.6 Å². The van der Waals surface area contributed by atoms with Crippen molar-refractivity contribution in [1.82, 2.24) is 0 Å². The van der Waals surface area contributed by atoms with E-state index in [9.17, 15) is 19.2 Å². The van der Waals surface area contributed by atoms with Gasteiger partial charge in [0.25, 0.3) is 0 Å². The van der Waals surface area contributed by atoms with Crippen LogP contribution in [0.25, 0.3) is 0 Å². The van der Waals surface area contributed by atoms with Crippen molar-refractivity contribution >= 4 is 36.3 Å². The standard InChI is InChI=1S/C18H27NO8.ClH/c1-9(2)14(20)24-7-26-16(22)12-11-5-6-18(19,13(11)12)17(23)27-8-25-15(21)10(3)4;/h9-13H,5-8,19H2,1-4H3;1H/t11-,12-,13-,18-;/m0./s1. The van der Waals surface area contributed by atoms with Crippen molar-refractivity contribution in [3.05, 3.63) is 0 Å². The first kappa shape index (κ1) is 24.2. The van der Waals surface area contributed by atoms with Crippen LogP contribution in [0.15, 0.2) is 0 Å². The van der Waals surface area contributed by atoms with E-state index in [1.54, 1.807) is 27.7 Å². The monoisotopic (exact) mass is 421 g/mol. The van der Waals surface area contributed by atoms with Gasteiger partial charge in [-0.2, -0.15) is 0 Å². The second-order valence-corrected chi connectivity index (χ2v) is 7.66. The second-order valence-electron chi connectivity index (χ2n) is 7.66. The molecule has 2 aliphatic rings. The molecule has 2 fully saturated rings. The Morgan fingerprint density at radius 2 is 1.43 bits per heavy atom. The molecule has 0 aliphatic heterocycles. The molecule has 9 nitrogen and oxygen atoms in total. The maximum absolute atomic E-state index is 12.3. The van der Waals surface area contributed by atoms with E-state index in [1.807, 2.05) is 0 Å². The predicted octanol–water partition coefficient (Wildman–Crippen LogP) is 1.16. The van der Waals surface area contributed by atoms with E-state index in [1.165, 1.54) is 0 Å². The first-order chi connectivity index (χ1) is 12.6. The lowest BCUT2D eigenvalue weighted by atomic mass is 9.91. The third-order valence-corrected chi connectivity index (χ3v) is 5.04. The maximum Gasteiger partial charge on any atom is 0.329 e. The first-order valence-electron chi connectivity index (χ1n) is 9.05. The van der Waals surface area contributed by atoms with Crippen LogP contribution in [0.3, 0.4) is 0 Å². The number of carbonyl (C=O) groups is 4. The largest absolute Gasteiger partial charge is 0.428 e. The van der Waals surface area contributed by atoms with E-state index in [2.05, 4.69) is 0 Å². The molecule has 0 aromatic carbocycles. The first-order valence-corrected chi connectivity index (χ1v) is 9.05. The molecule has 0 heterocycles. The number of ether oxygens (including phenoxy) is 4. The third kappa shape index (κ3) is 5.14. The summed E-state index contributed by atoms with van der Waals surface area (Å²) in [4.78, 5) is 47.3. The minimum atomic E-state index is -1.31. The molecule has 160 valence electrons. The van der Waals surface area contributed by atoms with Crippen LogP contribution in [0.2, 0.25) is 0 Å². The van der Waals surface area contributed by atoms with Crippen molar-refractivity contribution in [2.45, 2.75) is 46.1 Å². The highest BCUT2D eigenvalue weighted by Crippen LogP contribution is 2.62. The SMILES string of the molecule is CC(C)C(=O)OCOC(=O)[C@H]1[C@@H]2CC[C@@](N)(C(=O)OCOC(=O)C(C)C)[C@@H]21.Cl. The van der Waals surface area contributed by atoms with E-state index in [0.29, 0.717) is 12.8 Å². The van der Waals surface area contributed by atoms with E-state index < -0.39 is 48.9 Å². The Labute approximate surface area is 170 Å². The predicted molar refractivity (Wildman–Crippen MR) is 97.6 cm³/mol. The van der Waals surface area contributed by atoms with Crippen molar-refractivity contribution in [2.24, 2.45) is 35.3 Å². The zero-order valence-electron chi connectivity index (χ0n) is 16.5. The maximum atomic E-state index is 12.3. The molecule has 0 unspecified atom stereocenters. The Morgan fingerprint density at radius 1 is 0.929 bits per heavy atom. The molecular weight excluding hydrogens is 394 g/mol. The summed E-state index contributed by atoms with van der Waals surface area (Å²) in [5.41, 5.74) is 4.89. The number of hydrogen-bond acceptors (Lipinski definition) is 9. The Hall–Kier alpha value is -1.87. The Morgan fingerprint density at radius 3 is 1.93 bits per heavy atom. The number of nitrogens with two attached hydrogens (primary N) is 1. The number of hydrogen-bond donors (Lipinski definition) is 1. The molecule has 2 rings (SSSR count). The third-order valence-electron chi connectivity index (χ3n) is 5.04. The lowest BCUT2D eigenvalue weighted by Gasteiger charge is -2.24. The zero-order valence-corrected chi connectivity index (χ0v) is 17.3. The fourth-order valence-electron chi connectivity index (χ4n) is 3.42. The Balaban J connectivity index is 0.00000392. The normalized spacial score (nSPS) is 27.5. The molecule has 4 atom stereocenters. The molecule has 10 heteroatoms. The van der Waals surface area contributed by atoms with Gasteiger partial charge < -0.3 is 24.7 Å². The van der Waals surface area contributed by atoms with Gasteiger partial charge in [-0.1, -0.05) is 27.7 Å². The summed E-state index contributed by atoms with van der Waals surface area (Å²) in [6.07, 6.45) is 0.971. The van der Waals surface area contributed by atoms with Crippen LogP contribution in [0.4, 0.5) is 0 Å². The minimum Gasteiger partial charge on any atom is -0.428 e. The van der Waals surface area contributed by atoms with Gasteiger partial charge in [-0.05, 0) is 18.8 Å². The molecular formula is C18H28ClNO8. The van der Waals surface area contributed by atoms with Crippen LogP contribution in [-0.4, -0.2) is 43.0 Å². The number of esters is 4. The summed E-state index contributed by atoms with van der Waals surface area (Å²) in [5.74, 6) is -3.82. The van der Waals surface area contributed by atoms with Gasteiger partial charge >= 0.3 is 23.9 Å². The molecule has 0 radical (unpaired) electrons. The van der Waals surface area contributed by atoms with Crippen LogP contribution >= 0.6 is 12.4 Å². The highest BCUT2D eigenvalue weighted by Gasteiger charge is 2.70. The second kappa shape index (κ2) is 9.56. The van der Waals surface area contributed by atoms with Crippen LogP contribution in [0, 0.1) is 29.6 Å². The molecule has 2 N–H and O–H groups in total. The number of rotatable bonds is 8. The fraction of sp³-hybridized carbons (Fsp3) is 0.778. The van der Waals surface area contributed by atoms with Crippen molar-refractivity contribution in [3.8, 4) is 0 Å². The summed E-state index contributed by atoms with van der Waals surface area (Å²) < 4.78 is 19.6. The zero-order chi connectivity index (χ0) is 20.4. The molecule has 0 bridgehead atoms. The highest BCUT2D eigenvalue weighted by molar-refractivity contribution is 5.87. The van der Waals surface area contributed by atoms with E-state index in [-0.39, 0.29) is 36.1 Å². The average Bonchev–Trinajstić information content (AvgIpc) is 3.24. The van der Waals surface area contributed by atoms with Crippen LogP contribution in [0.1, 0.15) is 40.5 Å². The molecule has 0 amide bonds. The van der Waals surface area contributed by atoms with Crippen LogP contribution in [-0.2, 0) is 38.1 Å². The number of carbonyl (C=O) groups excluding carboxylic acids is 4. The minimum absolute atomic E-state index is 0. The van der Waals surface area contributed by atoms with E-state index >= 15 is 0 Å². The molecule has 0 aromatic heterocycles. The van der Waals surface area contributed by atoms with Crippen LogP contribution in [0.5, 0.6) is 0 Å². The molecule has 0 spiro atoms. The van der Waals surface area contributed by atoms with Gasteiger partial charge in [-0.3, -0.25) is 14.4 Å². The van der Waals surface area contributed by atoms with Crippen molar-refractivity contribution in [3.63, 3.8) is 0 Å². The summed E-state index contributed by atoms with van der Waals surface area (Å²) in [7, 11) is 0. The number of fused-ring (bicyclic) bond motifs is 1. The molecule has 2 aliphatic carbocycles. The average molecular weight is 422 g/mol. The molecule has 28 heavy (non-hydrogen) atoms. The lowest BCUT2D eigenvalue weighted by molar-refractivity contribution is -0.173. The Kier molecular flexibility index (Phi) is 8.25.